The van der Waals surface area contributed by atoms with E-state index >= 15 is 0 Å². The van der Waals surface area contributed by atoms with E-state index in [4.69, 9.17) is 5.84 Å². The fourth-order valence-corrected chi connectivity index (χ4v) is 1.17. The molecule has 4 N–H and O–H groups in total. The van der Waals surface area contributed by atoms with Gasteiger partial charge in [-0.2, -0.15) is 0 Å². The van der Waals surface area contributed by atoms with Gasteiger partial charge in [0.05, 0.1) is 0 Å². The Labute approximate surface area is 96.2 Å². The Morgan fingerprint density at radius 3 is 2.25 bits per heavy atom. The number of benzene rings is 1. The number of hydrazine groups is 1. The number of anilines is 1. The summed E-state index contributed by atoms with van der Waals surface area (Å²) >= 11 is 0. The zero-order valence-electron chi connectivity index (χ0n) is 10.0. The van der Waals surface area contributed by atoms with Crippen LogP contribution >= 0.6 is 0 Å². The number of nitrogen functional groups attached to an aromatic ring is 1. The molecule has 1 amide bonds. The second-order valence-corrected chi connectivity index (χ2v) is 4.97. The molecule has 0 atom stereocenters. The number of carbonyl (C=O) groups excluding carboxylic acids is 1. The standard InChI is InChI=1S/C12H19N3O/c1-12(2,3)8-14-11(16)9-4-6-10(15-13)7-5-9/h4-7,15H,8,13H2,1-3H3,(H,14,16). The zero-order chi connectivity index (χ0) is 12.2. The number of hydrogen-bond acceptors (Lipinski definition) is 3. The molecule has 0 bridgehead atoms. The van der Waals surface area contributed by atoms with E-state index in [9.17, 15) is 4.79 Å². The van der Waals surface area contributed by atoms with Gasteiger partial charge >= 0.3 is 0 Å². The molecule has 16 heavy (non-hydrogen) atoms. The van der Waals surface area contributed by atoms with Crippen molar-refractivity contribution in [3.63, 3.8) is 0 Å². The third-order valence-corrected chi connectivity index (χ3v) is 2.09. The van der Waals surface area contributed by atoms with Crippen molar-refractivity contribution in [2.75, 3.05) is 12.0 Å². The van der Waals surface area contributed by atoms with Crippen molar-refractivity contribution >= 4 is 11.6 Å². The Morgan fingerprint density at radius 1 is 1.25 bits per heavy atom. The molecule has 0 saturated heterocycles. The third-order valence-electron chi connectivity index (χ3n) is 2.09. The van der Waals surface area contributed by atoms with Crippen LogP contribution in [-0.2, 0) is 0 Å². The number of carbonyl (C=O) groups is 1. The van der Waals surface area contributed by atoms with Crippen LogP contribution in [0.15, 0.2) is 24.3 Å². The lowest BCUT2D eigenvalue weighted by Crippen LogP contribution is -2.32. The lowest BCUT2D eigenvalue weighted by Gasteiger charge is -2.18. The van der Waals surface area contributed by atoms with Gasteiger partial charge in [-0.3, -0.25) is 10.6 Å². The first-order valence-electron chi connectivity index (χ1n) is 5.27. The van der Waals surface area contributed by atoms with Gasteiger partial charge in [0.2, 0.25) is 0 Å². The molecule has 0 spiro atoms. The summed E-state index contributed by atoms with van der Waals surface area (Å²) in [6.45, 7) is 6.89. The van der Waals surface area contributed by atoms with E-state index in [1.54, 1.807) is 24.3 Å². The molecule has 0 aliphatic heterocycles. The van der Waals surface area contributed by atoms with E-state index < -0.39 is 0 Å². The molecule has 0 aliphatic carbocycles. The molecule has 4 heteroatoms. The highest BCUT2D eigenvalue weighted by Gasteiger charge is 2.12. The summed E-state index contributed by atoms with van der Waals surface area (Å²) in [5.74, 6) is 5.18. The second kappa shape index (κ2) is 4.99. The zero-order valence-corrected chi connectivity index (χ0v) is 10.0. The van der Waals surface area contributed by atoms with Crippen LogP contribution in [0.3, 0.4) is 0 Å². The normalized spacial score (nSPS) is 11.0. The minimum Gasteiger partial charge on any atom is -0.352 e. The molecule has 0 aromatic heterocycles. The maximum Gasteiger partial charge on any atom is 0.251 e. The summed E-state index contributed by atoms with van der Waals surface area (Å²) in [5, 5.41) is 2.89. The quantitative estimate of drug-likeness (QED) is 0.538. The van der Waals surface area contributed by atoms with Crippen molar-refractivity contribution in [2.45, 2.75) is 20.8 Å². The summed E-state index contributed by atoms with van der Waals surface area (Å²) < 4.78 is 0. The van der Waals surface area contributed by atoms with Crippen molar-refractivity contribution in [2.24, 2.45) is 11.3 Å². The maximum absolute atomic E-state index is 11.7. The monoisotopic (exact) mass is 221 g/mol. The molecule has 1 aromatic rings. The van der Waals surface area contributed by atoms with Crippen LogP contribution in [0.4, 0.5) is 5.69 Å². The minimum absolute atomic E-state index is 0.0569. The average Bonchev–Trinajstić information content (AvgIpc) is 2.25. The van der Waals surface area contributed by atoms with Crippen LogP contribution in [0.5, 0.6) is 0 Å². The first kappa shape index (κ1) is 12.5. The molecule has 0 aliphatic rings. The van der Waals surface area contributed by atoms with E-state index in [-0.39, 0.29) is 11.3 Å². The van der Waals surface area contributed by atoms with Crippen LogP contribution in [0.25, 0.3) is 0 Å². The summed E-state index contributed by atoms with van der Waals surface area (Å²) in [7, 11) is 0. The topological polar surface area (TPSA) is 67.2 Å². The summed E-state index contributed by atoms with van der Waals surface area (Å²) in [6, 6.07) is 7.03. The second-order valence-electron chi connectivity index (χ2n) is 4.97. The first-order valence-corrected chi connectivity index (χ1v) is 5.27. The molecular weight excluding hydrogens is 202 g/mol. The Morgan fingerprint density at radius 2 is 1.81 bits per heavy atom. The Kier molecular flexibility index (Phi) is 3.90. The largest absolute Gasteiger partial charge is 0.352 e. The number of rotatable bonds is 3. The molecule has 0 unspecified atom stereocenters. The van der Waals surface area contributed by atoms with E-state index in [1.165, 1.54) is 0 Å². The predicted octanol–water partition coefficient (Wildman–Crippen LogP) is 1.75. The number of nitrogens with two attached hydrogens (primary N) is 1. The van der Waals surface area contributed by atoms with E-state index in [2.05, 4.69) is 31.5 Å². The highest BCUT2D eigenvalue weighted by molar-refractivity contribution is 5.94. The lowest BCUT2D eigenvalue weighted by molar-refractivity contribution is 0.0939. The van der Waals surface area contributed by atoms with Crippen molar-refractivity contribution in [1.82, 2.24) is 5.32 Å². The van der Waals surface area contributed by atoms with Crippen molar-refractivity contribution in [3.05, 3.63) is 29.8 Å². The van der Waals surface area contributed by atoms with Crippen LogP contribution in [0.1, 0.15) is 31.1 Å². The van der Waals surface area contributed by atoms with Crippen LogP contribution in [-0.4, -0.2) is 12.5 Å². The lowest BCUT2D eigenvalue weighted by atomic mass is 9.97. The van der Waals surface area contributed by atoms with E-state index in [1.807, 2.05) is 0 Å². The third kappa shape index (κ3) is 3.90. The molecule has 1 aromatic carbocycles. The van der Waals surface area contributed by atoms with Crippen molar-refractivity contribution in [3.8, 4) is 0 Å². The van der Waals surface area contributed by atoms with E-state index in [0.29, 0.717) is 12.1 Å². The molecule has 1 rings (SSSR count). The van der Waals surface area contributed by atoms with Gasteiger partial charge in [-0.1, -0.05) is 20.8 Å². The maximum atomic E-state index is 11.7. The fraction of sp³-hybridized carbons (Fsp3) is 0.417. The van der Waals surface area contributed by atoms with Gasteiger partial charge in [-0.25, -0.2) is 0 Å². The van der Waals surface area contributed by atoms with Gasteiger partial charge in [-0.05, 0) is 29.7 Å². The average molecular weight is 221 g/mol. The van der Waals surface area contributed by atoms with Crippen LogP contribution in [0, 0.1) is 5.41 Å². The minimum atomic E-state index is -0.0569. The molecule has 0 heterocycles. The highest BCUT2D eigenvalue weighted by Crippen LogP contribution is 2.12. The van der Waals surface area contributed by atoms with Crippen LogP contribution in [0.2, 0.25) is 0 Å². The number of nitrogens with one attached hydrogen (secondary N) is 2. The Hall–Kier alpha value is -1.55. The number of amides is 1. The first-order chi connectivity index (χ1) is 7.42. The Bertz CT molecular complexity index is 352. The molecule has 0 saturated carbocycles. The van der Waals surface area contributed by atoms with Crippen LogP contribution < -0.4 is 16.6 Å². The van der Waals surface area contributed by atoms with Crippen molar-refractivity contribution in [1.29, 1.82) is 0 Å². The SMILES string of the molecule is CC(C)(C)CNC(=O)c1ccc(NN)cc1. The molecular formula is C12H19N3O. The smallest absolute Gasteiger partial charge is 0.251 e. The van der Waals surface area contributed by atoms with Crippen molar-refractivity contribution < 1.29 is 4.79 Å². The molecule has 0 fully saturated rings. The fourth-order valence-electron chi connectivity index (χ4n) is 1.17. The highest BCUT2D eigenvalue weighted by atomic mass is 16.1. The van der Waals surface area contributed by atoms with Gasteiger partial charge in [0.25, 0.3) is 5.91 Å². The van der Waals surface area contributed by atoms with E-state index in [0.717, 1.165) is 5.69 Å². The summed E-state index contributed by atoms with van der Waals surface area (Å²) in [6.07, 6.45) is 0. The predicted molar refractivity (Wildman–Crippen MR) is 66.0 cm³/mol. The molecule has 88 valence electrons. The van der Waals surface area contributed by atoms with Gasteiger partial charge in [-0.15, -0.1) is 0 Å². The Balaban J connectivity index is 2.59. The summed E-state index contributed by atoms with van der Waals surface area (Å²) in [5.41, 5.74) is 4.04. The summed E-state index contributed by atoms with van der Waals surface area (Å²) in [4.78, 5) is 11.7. The number of hydrogen-bond donors (Lipinski definition) is 3. The van der Waals surface area contributed by atoms with Gasteiger partial charge in [0.1, 0.15) is 0 Å². The van der Waals surface area contributed by atoms with Gasteiger partial charge < -0.3 is 10.7 Å². The molecule has 0 radical (unpaired) electrons. The van der Waals surface area contributed by atoms with Gasteiger partial charge in [0.15, 0.2) is 0 Å². The molecule has 4 nitrogen and oxygen atoms in total. The van der Waals surface area contributed by atoms with Gasteiger partial charge in [0, 0.05) is 17.8 Å².